The van der Waals surface area contributed by atoms with E-state index in [0.29, 0.717) is 11.8 Å². The molecule has 7 rings (SSSR count). The van der Waals surface area contributed by atoms with E-state index < -0.39 is 153 Å². The summed E-state index contributed by atoms with van der Waals surface area (Å²) in [6, 6.07) is 7.30. The van der Waals surface area contributed by atoms with Crippen molar-refractivity contribution in [3.8, 4) is 11.5 Å². The van der Waals surface area contributed by atoms with E-state index in [1.54, 1.807) is 0 Å². The number of aromatic hydroxyl groups is 2. The summed E-state index contributed by atoms with van der Waals surface area (Å²) < 4.78 is 22.7. The minimum absolute atomic E-state index is 0.211. The second-order valence-electron chi connectivity index (χ2n) is 15.0. The molecule has 0 radical (unpaired) electrons. The Balaban J connectivity index is 1.37. The van der Waals surface area contributed by atoms with Crippen molar-refractivity contribution < 1.29 is 88.2 Å². The summed E-state index contributed by atoms with van der Waals surface area (Å²) in [5.41, 5.74) is -7.62. The molecule has 7 N–H and O–H groups in total. The number of carbonyl (C=O) groups excluding carboxylic acids is 5. The van der Waals surface area contributed by atoms with Gasteiger partial charge in [0.05, 0.1) is 55.7 Å². The molecule has 58 heavy (non-hydrogen) atoms. The van der Waals surface area contributed by atoms with Crippen LogP contribution in [0.15, 0.2) is 48.2 Å². The monoisotopic (exact) mass is 828 g/mol. The van der Waals surface area contributed by atoms with Gasteiger partial charge in [-0.05, 0) is 51.3 Å². The number of thioether (sulfide) groups is 1. The number of fused-ring (bicyclic) bond motifs is 4. The van der Waals surface area contributed by atoms with E-state index in [0.717, 1.165) is 25.3 Å². The summed E-state index contributed by atoms with van der Waals surface area (Å²) in [4.78, 5) is 84.0. The van der Waals surface area contributed by atoms with Gasteiger partial charge in [0.1, 0.15) is 33.2 Å². The van der Waals surface area contributed by atoms with Gasteiger partial charge in [-0.15, -0.1) is 11.8 Å². The van der Waals surface area contributed by atoms with Crippen LogP contribution in [0.3, 0.4) is 0 Å². The van der Waals surface area contributed by atoms with Crippen molar-refractivity contribution in [2.24, 2.45) is 0 Å². The zero-order valence-electron chi connectivity index (χ0n) is 31.1. The summed E-state index contributed by atoms with van der Waals surface area (Å²) in [6.45, 7) is 2.13. The number of phenolic OH excluding ortho intramolecular Hbond substituents is 2. The SMILES string of the molecule is COC(=O)C[C@H]1C[C@]2(S[C@]34C[C@H](CCO[C@H]5OC(C(=O)O)=C[C@@H](O)[C@@H]5O)O[C@@H](C)[C@@]3(O)C(=O)c3c(O)cccc3C4=O)C(=O)c3cccc(O)c3C(=O)[C@@]2(O)[C@@H](C)O1. The van der Waals surface area contributed by atoms with Crippen molar-refractivity contribution in [3.05, 3.63) is 70.5 Å². The Labute approximate surface area is 333 Å². The zero-order chi connectivity index (χ0) is 42.3. The lowest BCUT2D eigenvalue weighted by molar-refractivity contribution is -0.214. The maximum Gasteiger partial charge on any atom is 0.371 e. The van der Waals surface area contributed by atoms with Crippen molar-refractivity contribution >= 4 is 46.8 Å². The lowest BCUT2D eigenvalue weighted by Crippen LogP contribution is -2.79. The Bertz CT molecular complexity index is 2150. The Morgan fingerprint density at radius 3 is 1.81 bits per heavy atom. The molecule has 18 nitrogen and oxygen atoms in total. The second kappa shape index (κ2) is 14.5. The van der Waals surface area contributed by atoms with Crippen LogP contribution in [0.4, 0.5) is 0 Å². The van der Waals surface area contributed by atoms with E-state index >= 15 is 9.59 Å². The number of hydrogen-bond acceptors (Lipinski definition) is 18. The fourth-order valence-electron chi connectivity index (χ4n) is 8.91. The number of esters is 1. The van der Waals surface area contributed by atoms with Gasteiger partial charge in [0.15, 0.2) is 22.8 Å². The minimum atomic E-state index is -2.93. The van der Waals surface area contributed by atoms with Crippen molar-refractivity contribution in [1.82, 2.24) is 0 Å². The summed E-state index contributed by atoms with van der Waals surface area (Å²) in [5.74, 6) is -8.62. The first kappa shape index (κ1) is 41.4. The van der Waals surface area contributed by atoms with Crippen molar-refractivity contribution in [3.63, 3.8) is 0 Å². The van der Waals surface area contributed by atoms with Gasteiger partial charge in [-0.3, -0.25) is 24.0 Å². The van der Waals surface area contributed by atoms with E-state index in [4.69, 9.17) is 23.7 Å². The van der Waals surface area contributed by atoms with E-state index in [-0.39, 0.29) is 17.5 Å². The van der Waals surface area contributed by atoms with Crippen LogP contribution in [0, 0.1) is 0 Å². The minimum Gasteiger partial charge on any atom is -0.507 e. The molecular formula is C39H40O18S. The number of aliphatic hydroxyl groups excluding tert-OH is 2. The van der Waals surface area contributed by atoms with Crippen LogP contribution in [-0.4, -0.2) is 148 Å². The second-order valence-corrected chi connectivity index (χ2v) is 16.6. The number of aliphatic carboxylic acids is 1. The highest BCUT2D eigenvalue weighted by Gasteiger charge is 2.78. The van der Waals surface area contributed by atoms with Crippen LogP contribution in [0.2, 0.25) is 0 Å². The molecule has 2 fully saturated rings. The quantitative estimate of drug-likeness (QED) is 0.170. The Kier molecular flexibility index (Phi) is 10.4. The standard InChI is InChI=1S/C39H40O18S/c1-16-38(51)32(47)27-20(6-4-8-22(27)40)30(45)36(38,14-18(55-16)10-11-54-35-29(44)24(42)13-25(57-35)34(49)50)58-37-15-19(12-26(43)53-3)56-17(2)39(37,52)33(48)28-21(31(37)46)7-5-9-23(28)41/h4-9,13,16-19,24,29,35,40-42,44,51-52H,10-12,14-15H2,1-3H3,(H,49,50)/t16-,17+,18-,19-,24+,29-,35-,36-,37-,38+,39-/m0/s1. The van der Waals surface area contributed by atoms with Gasteiger partial charge in [0, 0.05) is 11.1 Å². The number of aliphatic hydroxyl groups is 4. The number of methoxy groups -OCH3 is 1. The molecule has 2 aliphatic carbocycles. The molecule has 5 aliphatic rings. The van der Waals surface area contributed by atoms with Gasteiger partial charge in [-0.1, -0.05) is 24.3 Å². The van der Waals surface area contributed by atoms with Crippen LogP contribution >= 0.6 is 11.8 Å². The first-order chi connectivity index (χ1) is 27.3. The number of ketones is 4. The van der Waals surface area contributed by atoms with Gasteiger partial charge in [0.2, 0.25) is 23.6 Å². The topological polar surface area (TPSA) is 290 Å². The summed E-state index contributed by atoms with van der Waals surface area (Å²) >= 11 is 0.353. The molecule has 2 aromatic rings. The molecule has 3 aliphatic heterocycles. The third kappa shape index (κ3) is 5.81. The smallest absolute Gasteiger partial charge is 0.371 e. The number of hydrogen-bond donors (Lipinski definition) is 7. The summed E-state index contributed by atoms with van der Waals surface area (Å²) in [6.07, 6.45) is -11.9. The molecule has 0 aromatic heterocycles. The molecule has 3 heterocycles. The average molecular weight is 829 g/mol. The van der Waals surface area contributed by atoms with E-state index in [1.807, 2.05) is 0 Å². The van der Waals surface area contributed by atoms with Gasteiger partial charge >= 0.3 is 11.9 Å². The van der Waals surface area contributed by atoms with Crippen LogP contribution in [-0.2, 0) is 33.3 Å². The predicted octanol–water partition coefficient (Wildman–Crippen LogP) is 0.600. The first-order valence-corrected chi connectivity index (χ1v) is 19.1. The molecule has 0 unspecified atom stereocenters. The molecule has 0 spiro atoms. The fraction of sp³-hybridized carbons (Fsp3) is 0.487. The van der Waals surface area contributed by atoms with E-state index in [1.165, 1.54) is 38.1 Å². The average Bonchev–Trinajstić information content (AvgIpc) is 3.17. The predicted molar refractivity (Wildman–Crippen MR) is 194 cm³/mol. The number of carbonyl (C=O) groups is 6. The van der Waals surface area contributed by atoms with Crippen LogP contribution in [0.1, 0.15) is 81.0 Å². The number of carboxylic acids is 1. The molecule has 11 atom stereocenters. The van der Waals surface area contributed by atoms with E-state index in [9.17, 15) is 54.9 Å². The van der Waals surface area contributed by atoms with Crippen LogP contribution in [0.25, 0.3) is 0 Å². The molecule has 310 valence electrons. The number of benzene rings is 2. The maximum atomic E-state index is 15.3. The molecule has 2 aromatic carbocycles. The van der Waals surface area contributed by atoms with Crippen LogP contribution in [0.5, 0.6) is 11.5 Å². The lowest BCUT2D eigenvalue weighted by Gasteiger charge is -2.61. The Hall–Kier alpha value is -4.73. The number of carboxylic acid groups (broad SMARTS) is 1. The lowest BCUT2D eigenvalue weighted by atomic mass is 9.63. The van der Waals surface area contributed by atoms with Gasteiger partial charge < -0.3 is 59.4 Å². The zero-order valence-corrected chi connectivity index (χ0v) is 32.0. The highest BCUT2D eigenvalue weighted by molar-refractivity contribution is 8.03. The largest absolute Gasteiger partial charge is 0.507 e. The number of phenols is 2. The van der Waals surface area contributed by atoms with Gasteiger partial charge in [0.25, 0.3) is 0 Å². The molecule has 19 heteroatoms. The fourth-order valence-corrected chi connectivity index (χ4v) is 11.3. The maximum absolute atomic E-state index is 15.3. The summed E-state index contributed by atoms with van der Waals surface area (Å²) in [5, 5.41) is 77.4. The normalized spacial score (nSPS) is 36.7. The highest BCUT2D eigenvalue weighted by Crippen LogP contribution is 2.64. The molecule has 0 bridgehead atoms. The number of ether oxygens (including phenoxy) is 5. The molecule has 0 saturated carbocycles. The molecule has 0 amide bonds. The third-order valence-electron chi connectivity index (χ3n) is 11.8. The Morgan fingerprint density at radius 1 is 0.810 bits per heavy atom. The van der Waals surface area contributed by atoms with E-state index in [2.05, 4.69) is 0 Å². The number of rotatable bonds is 9. The van der Waals surface area contributed by atoms with Crippen LogP contribution < -0.4 is 0 Å². The molecule has 2 saturated heterocycles. The van der Waals surface area contributed by atoms with Crippen molar-refractivity contribution in [1.29, 1.82) is 0 Å². The van der Waals surface area contributed by atoms with Crippen molar-refractivity contribution in [2.75, 3.05) is 13.7 Å². The molecular weight excluding hydrogens is 788 g/mol. The Morgan fingerprint density at radius 2 is 1.31 bits per heavy atom. The highest BCUT2D eigenvalue weighted by atomic mass is 32.2. The number of Topliss-reactive ketones (excluding diaryl/α,β-unsaturated/α-hetero) is 4. The van der Waals surface area contributed by atoms with Gasteiger partial charge in [-0.25, -0.2) is 4.79 Å². The third-order valence-corrected chi connectivity index (χ3v) is 13.8. The van der Waals surface area contributed by atoms with Crippen molar-refractivity contribution in [2.45, 2.75) is 103 Å². The summed E-state index contributed by atoms with van der Waals surface area (Å²) in [7, 11) is 1.11. The van der Waals surface area contributed by atoms with Gasteiger partial charge in [-0.2, -0.15) is 0 Å². The first-order valence-electron chi connectivity index (χ1n) is 18.2.